The summed E-state index contributed by atoms with van der Waals surface area (Å²) in [5.74, 6) is 0.762. The van der Waals surface area contributed by atoms with Gasteiger partial charge in [0.25, 0.3) is 0 Å². The van der Waals surface area contributed by atoms with Gasteiger partial charge in [-0.1, -0.05) is 31.9 Å². The second-order valence-corrected chi connectivity index (χ2v) is 6.22. The molecule has 0 aliphatic carbocycles. The SMILES string of the molecule is COc1ccc(Br)c(CC(O)c2cc(Br)ccc2N)c1. The molecule has 0 fully saturated rings. The van der Waals surface area contributed by atoms with Crippen LogP contribution in [0.2, 0.25) is 0 Å². The van der Waals surface area contributed by atoms with Crippen LogP contribution in [0.4, 0.5) is 5.69 Å². The Labute approximate surface area is 135 Å². The standard InChI is InChI=1S/C15H15Br2NO2/c1-20-11-3-4-13(17)9(6-11)7-15(19)12-8-10(16)2-5-14(12)18/h2-6,8,15,19H,7,18H2,1H3. The van der Waals surface area contributed by atoms with Crippen LogP contribution in [0.15, 0.2) is 45.3 Å². The summed E-state index contributed by atoms with van der Waals surface area (Å²) >= 11 is 6.88. The van der Waals surface area contributed by atoms with Crippen molar-refractivity contribution in [3.05, 3.63) is 56.5 Å². The van der Waals surface area contributed by atoms with Gasteiger partial charge in [-0.05, 0) is 42.0 Å². The lowest BCUT2D eigenvalue weighted by molar-refractivity contribution is 0.179. The first kappa shape index (κ1) is 15.4. The first-order valence-electron chi connectivity index (χ1n) is 6.06. The van der Waals surface area contributed by atoms with Crippen LogP contribution in [-0.4, -0.2) is 12.2 Å². The molecule has 2 aromatic rings. The van der Waals surface area contributed by atoms with Crippen LogP contribution < -0.4 is 10.5 Å². The number of rotatable bonds is 4. The summed E-state index contributed by atoms with van der Waals surface area (Å²) in [6, 6.07) is 11.2. The number of benzene rings is 2. The molecule has 106 valence electrons. The number of hydrogen-bond donors (Lipinski definition) is 2. The topological polar surface area (TPSA) is 55.5 Å². The Morgan fingerprint density at radius 2 is 1.95 bits per heavy atom. The molecule has 0 saturated carbocycles. The molecule has 0 spiro atoms. The van der Waals surface area contributed by atoms with Crippen LogP contribution >= 0.6 is 31.9 Å². The smallest absolute Gasteiger partial charge is 0.119 e. The molecule has 3 nitrogen and oxygen atoms in total. The van der Waals surface area contributed by atoms with E-state index in [1.165, 1.54) is 0 Å². The Morgan fingerprint density at radius 3 is 2.65 bits per heavy atom. The molecule has 20 heavy (non-hydrogen) atoms. The molecule has 2 aromatic carbocycles. The van der Waals surface area contributed by atoms with Gasteiger partial charge in [0.1, 0.15) is 5.75 Å². The number of nitrogen functional groups attached to an aromatic ring is 1. The normalized spacial score (nSPS) is 12.2. The van der Waals surface area contributed by atoms with Crippen molar-refractivity contribution in [3.63, 3.8) is 0 Å². The van der Waals surface area contributed by atoms with Gasteiger partial charge in [-0.25, -0.2) is 0 Å². The highest BCUT2D eigenvalue weighted by Gasteiger charge is 2.14. The zero-order valence-electron chi connectivity index (χ0n) is 10.9. The van der Waals surface area contributed by atoms with Gasteiger partial charge in [0.2, 0.25) is 0 Å². The van der Waals surface area contributed by atoms with Crippen molar-refractivity contribution in [1.29, 1.82) is 0 Å². The number of aliphatic hydroxyl groups is 1. The molecular formula is C15H15Br2NO2. The van der Waals surface area contributed by atoms with Gasteiger partial charge in [0, 0.05) is 26.6 Å². The van der Waals surface area contributed by atoms with Crippen molar-refractivity contribution in [3.8, 4) is 5.75 Å². The Kier molecular flexibility index (Phi) is 5.07. The van der Waals surface area contributed by atoms with Crippen molar-refractivity contribution in [1.82, 2.24) is 0 Å². The van der Waals surface area contributed by atoms with E-state index in [0.29, 0.717) is 17.7 Å². The van der Waals surface area contributed by atoms with E-state index in [1.54, 1.807) is 13.2 Å². The Hall–Kier alpha value is -1.04. The maximum atomic E-state index is 10.4. The van der Waals surface area contributed by atoms with Crippen LogP contribution in [0.3, 0.4) is 0 Å². The number of aliphatic hydroxyl groups excluding tert-OH is 1. The first-order chi connectivity index (χ1) is 9.51. The molecule has 0 saturated heterocycles. The Bertz CT molecular complexity index is 617. The van der Waals surface area contributed by atoms with E-state index in [-0.39, 0.29) is 0 Å². The third-order valence-corrected chi connectivity index (χ3v) is 4.34. The van der Waals surface area contributed by atoms with Crippen LogP contribution in [-0.2, 0) is 6.42 Å². The van der Waals surface area contributed by atoms with Crippen LogP contribution in [0.25, 0.3) is 0 Å². The molecule has 0 bridgehead atoms. The Morgan fingerprint density at radius 1 is 1.20 bits per heavy atom. The van der Waals surface area contributed by atoms with Crippen LogP contribution in [0, 0.1) is 0 Å². The second kappa shape index (κ2) is 6.61. The van der Waals surface area contributed by atoms with E-state index in [2.05, 4.69) is 31.9 Å². The molecule has 0 aliphatic rings. The van der Waals surface area contributed by atoms with E-state index in [0.717, 1.165) is 20.3 Å². The van der Waals surface area contributed by atoms with E-state index < -0.39 is 6.10 Å². The summed E-state index contributed by atoms with van der Waals surface area (Å²) in [7, 11) is 1.62. The molecule has 3 N–H and O–H groups in total. The van der Waals surface area contributed by atoms with Crippen molar-refractivity contribution in [2.75, 3.05) is 12.8 Å². The highest BCUT2D eigenvalue weighted by molar-refractivity contribution is 9.10. The average Bonchev–Trinajstić information content (AvgIpc) is 2.43. The minimum Gasteiger partial charge on any atom is -0.497 e. The molecule has 0 heterocycles. The zero-order chi connectivity index (χ0) is 14.7. The number of anilines is 1. The lowest BCUT2D eigenvalue weighted by atomic mass is 10.00. The zero-order valence-corrected chi connectivity index (χ0v) is 14.1. The molecule has 1 unspecified atom stereocenters. The predicted molar refractivity (Wildman–Crippen MR) is 87.9 cm³/mol. The molecule has 0 amide bonds. The summed E-state index contributed by atoms with van der Waals surface area (Å²) in [6.45, 7) is 0. The molecule has 0 radical (unpaired) electrons. The largest absolute Gasteiger partial charge is 0.497 e. The number of halogens is 2. The average molecular weight is 401 g/mol. The maximum Gasteiger partial charge on any atom is 0.119 e. The third kappa shape index (κ3) is 3.53. The van der Waals surface area contributed by atoms with E-state index in [4.69, 9.17) is 10.5 Å². The molecule has 5 heteroatoms. The van der Waals surface area contributed by atoms with Gasteiger partial charge < -0.3 is 15.6 Å². The summed E-state index contributed by atoms with van der Waals surface area (Å²) in [6.07, 6.45) is -0.214. The highest BCUT2D eigenvalue weighted by atomic mass is 79.9. The third-order valence-electron chi connectivity index (χ3n) is 3.07. The second-order valence-electron chi connectivity index (χ2n) is 4.45. The lowest BCUT2D eigenvalue weighted by Crippen LogP contribution is -2.06. The van der Waals surface area contributed by atoms with Crippen molar-refractivity contribution in [2.45, 2.75) is 12.5 Å². The van der Waals surface area contributed by atoms with Crippen molar-refractivity contribution < 1.29 is 9.84 Å². The van der Waals surface area contributed by atoms with Crippen LogP contribution in [0.1, 0.15) is 17.2 Å². The minimum absolute atomic E-state index is 0.457. The number of hydrogen-bond acceptors (Lipinski definition) is 3. The highest BCUT2D eigenvalue weighted by Crippen LogP contribution is 2.30. The summed E-state index contributed by atoms with van der Waals surface area (Å²) in [4.78, 5) is 0. The molecule has 0 aromatic heterocycles. The van der Waals surface area contributed by atoms with E-state index >= 15 is 0 Å². The van der Waals surface area contributed by atoms with E-state index in [1.807, 2.05) is 30.3 Å². The fraction of sp³-hybridized carbons (Fsp3) is 0.200. The maximum absolute atomic E-state index is 10.4. The fourth-order valence-electron chi connectivity index (χ4n) is 1.99. The summed E-state index contributed by atoms with van der Waals surface area (Å²) in [5, 5.41) is 10.4. The Balaban J connectivity index is 2.27. The van der Waals surface area contributed by atoms with Gasteiger partial charge in [0.05, 0.1) is 13.2 Å². The predicted octanol–water partition coefficient (Wildman–Crippen LogP) is 4.08. The van der Waals surface area contributed by atoms with Gasteiger partial charge in [-0.2, -0.15) is 0 Å². The fourth-order valence-corrected chi connectivity index (χ4v) is 2.77. The monoisotopic (exact) mass is 399 g/mol. The quantitative estimate of drug-likeness (QED) is 0.760. The van der Waals surface area contributed by atoms with Crippen molar-refractivity contribution >= 4 is 37.5 Å². The van der Waals surface area contributed by atoms with Crippen LogP contribution in [0.5, 0.6) is 5.75 Å². The molecule has 1 atom stereocenters. The number of ether oxygens (including phenoxy) is 1. The summed E-state index contributed by atoms with van der Waals surface area (Å²) < 4.78 is 7.04. The van der Waals surface area contributed by atoms with Gasteiger partial charge in [0.15, 0.2) is 0 Å². The molecular weight excluding hydrogens is 386 g/mol. The molecule has 2 rings (SSSR count). The van der Waals surface area contributed by atoms with Crippen molar-refractivity contribution in [2.24, 2.45) is 0 Å². The first-order valence-corrected chi connectivity index (χ1v) is 7.65. The number of nitrogens with two attached hydrogens (primary N) is 1. The van der Waals surface area contributed by atoms with Gasteiger partial charge in [-0.3, -0.25) is 0 Å². The number of methoxy groups -OCH3 is 1. The molecule has 0 aliphatic heterocycles. The lowest BCUT2D eigenvalue weighted by Gasteiger charge is -2.15. The summed E-state index contributed by atoms with van der Waals surface area (Å²) in [5.41, 5.74) is 8.19. The minimum atomic E-state index is -0.670. The van der Waals surface area contributed by atoms with E-state index in [9.17, 15) is 5.11 Å². The van der Waals surface area contributed by atoms with Gasteiger partial charge >= 0.3 is 0 Å². The van der Waals surface area contributed by atoms with Gasteiger partial charge in [-0.15, -0.1) is 0 Å².